The molecule has 0 saturated carbocycles. The van der Waals surface area contributed by atoms with E-state index in [1.807, 2.05) is 17.5 Å². The van der Waals surface area contributed by atoms with Gasteiger partial charge in [-0.3, -0.25) is 0 Å². The van der Waals surface area contributed by atoms with Gasteiger partial charge in [-0.25, -0.2) is 9.18 Å². The highest BCUT2D eigenvalue weighted by Gasteiger charge is 2.01. The van der Waals surface area contributed by atoms with E-state index in [1.54, 1.807) is 11.3 Å². The fourth-order valence-electron chi connectivity index (χ4n) is 1.46. The summed E-state index contributed by atoms with van der Waals surface area (Å²) in [6.45, 7) is 0.577. The van der Waals surface area contributed by atoms with Crippen LogP contribution >= 0.6 is 11.3 Å². The predicted octanol–water partition coefficient (Wildman–Crippen LogP) is 3.25. The fraction of sp³-hybridized carbons (Fsp3) is 0.154. The Balaban J connectivity index is 1.73. The van der Waals surface area contributed by atoms with Gasteiger partial charge in [0.15, 0.2) is 0 Å². The van der Waals surface area contributed by atoms with Crippen LogP contribution in [-0.4, -0.2) is 12.6 Å². The smallest absolute Gasteiger partial charge is 0.319 e. The number of anilines is 1. The predicted molar refractivity (Wildman–Crippen MR) is 71.4 cm³/mol. The van der Waals surface area contributed by atoms with Gasteiger partial charge in [0, 0.05) is 17.1 Å². The number of rotatable bonds is 4. The Hall–Kier alpha value is -1.88. The summed E-state index contributed by atoms with van der Waals surface area (Å²) in [5.41, 5.74) is 0.574. The highest BCUT2D eigenvalue weighted by atomic mass is 32.1. The van der Waals surface area contributed by atoms with Gasteiger partial charge in [0.05, 0.1) is 0 Å². The molecule has 0 radical (unpaired) electrons. The van der Waals surface area contributed by atoms with Crippen LogP contribution < -0.4 is 10.6 Å². The Kier molecular flexibility index (Phi) is 4.30. The quantitative estimate of drug-likeness (QED) is 0.874. The molecule has 0 aliphatic carbocycles. The Bertz CT molecular complexity index is 496. The molecule has 18 heavy (non-hydrogen) atoms. The lowest BCUT2D eigenvalue weighted by molar-refractivity contribution is 0.252. The van der Waals surface area contributed by atoms with Crippen molar-refractivity contribution in [3.8, 4) is 0 Å². The first-order chi connectivity index (χ1) is 8.74. The van der Waals surface area contributed by atoms with Gasteiger partial charge < -0.3 is 10.6 Å². The lowest BCUT2D eigenvalue weighted by Crippen LogP contribution is -2.30. The average Bonchev–Trinajstić information content (AvgIpc) is 2.85. The minimum atomic E-state index is -0.321. The highest BCUT2D eigenvalue weighted by Crippen LogP contribution is 2.09. The van der Waals surface area contributed by atoms with Crippen LogP contribution in [0.2, 0.25) is 0 Å². The van der Waals surface area contributed by atoms with Crippen molar-refractivity contribution in [3.05, 3.63) is 52.5 Å². The summed E-state index contributed by atoms with van der Waals surface area (Å²) in [6.07, 6.45) is 0.814. The van der Waals surface area contributed by atoms with E-state index in [9.17, 15) is 9.18 Å². The van der Waals surface area contributed by atoms with Gasteiger partial charge in [-0.1, -0.05) is 6.07 Å². The summed E-state index contributed by atoms with van der Waals surface area (Å²) < 4.78 is 12.7. The van der Waals surface area contributed by atoms with Crippen LogP contribution in [0.4, 0.5) is 14.9 Å². The summed E-state index contributed by atoms with van der Waals surface area (Å²) in [5.74, 6) is -0.321. The van der Waals surface area contributed by atoms with Crippen LogP contribution in [0.15, 0.2) is 41.8 Å². The largest absolute Gasteiger partial charge is 0.338 e. The van der Waals surface area contributed by atoms with Gasteiger partial charge in [0.1, 0.15) is 5.82 Å². The third-order valence-electron chi connectivity index (χ3n) is 2.34. The number of amides is 2. The van der Waals surface area contributed by atoms with Crippen LogP contribution in [0.5, 0.6) is 0 Å². The molecule has 0 atom stereocenters. The molecule has 0 fully saturated rings. The summed E-state index contributed by atoms with van der Waals surface area (Å²) in [5, 5.41) is 7.39. The molecule has 0 bridgehead atoms. The first-order valence-electron chi connectivity index (χ1n) is 5.57. The van der Waals surface area contributed by atoms with Crippen LogP contribution in [0.3, 0.4) is 0 Å². The number of halogens is 1. The van der Waals surface area contributed by atoms with E-state index in [1.165, 1.54) is 29.1 Å². The zero-order chi connectivity index (χ0) is 12.8. The maximum atomic E-state index is 12.7. The summed E-state index contributed by atoms with van der Waals surface area (Å²) in [4.78, 5) is 12.7. The van der Waals surface area contributed by atoms with E-state index in [0.717, 1.165) is 6.42 Å². The molecule has 0 saturated heterocycles. The molecule has 1 aromatic heterocycles. The van der Waals surface area contributed by atoms with E-state index < -0.39 is 0 Å². The number of urea groups is 1. The minimum Gasteiger partial charge on any atom is -0.338 e. The van der Waals surface area contributed by atoms with Gasteiger partial charge in [0.25, 0.3) is 0 Å². The van der Waals surface area contributed by atoms with Gasteiger partial charge in [0.2, 0.25) is 0 Å². The van der Waals surface area contributed by atoms with Crippen LogP contribution in [0.1, 0.15) is 4.88 Å². The van der Waals surface area contributed by atoms with Crippen molar-refractivity contribution >= 4 is 23.1 Å². The van der Waals surface area contributed by atoms with Gasteiger partial charge in [-0.15, -0.1) is 11.3 Å². The Morgan fingerprint density at radius 3 is 2.67 bits per heavy atom. The molecule has 1 heterocycles. The van der Waals surface area contributed by atoms with E-state index in [-0.39, 0.29) is 11.8 Å². The minimum absolute atomic E-state index is 0.279. The number of nitrogens with one attached hydrogen (secondary N) is 2. The van der Waals surface area contributed by atoms with Gasteiger partial charge >= 0.3 is 6.03 Å². The second-order valence-electron chi connectivity index (χ2n) is 3.72. The van der Waals surface area contributed by atoms with Crippen LogP contribution in [0, 0.1) is 5.82 Å². The van der Waals surface area contributed by atoms with Crippen LogP contribution in [-0.2, 0) is 6.42 Å². The number of benzene rings is 1. The third-order valence-corrected chi connectivity index (χ3v) is 3.28. The lowest BCUT2D eigenvalue weighted by Gasteiger charge is -2.06. The molecule has 0 aliphatic heterocycles. The third kappa shape index (κ3) is 3.85. The summed E-state index contributed by atoms with van der Waals surface area (Å²) in [7, 11) is 0. The van der Waals surface area contributed by atoms with Crippen LogP contribution in [0.25, 0.3) is 0 Å². The second kappa shape index (κ2) is 6.16. The first kappa shape index (κ1) is 12.6. The number of hydrogen-bond acceptors (Lipinski definition) is 2. The van der Waals surface area contributed by atoms with Gasteiger partial charge in [-0.05, 0) is 42.1 Å². The maximum Gasteiger partial charge on any atom is 0.319 e. The summed E-state index contributed by atoms with van der Waals surface area (Å²) >= 11 is 1.67. The number of hydrogen-bond donors (Lipinski definition) is 2. The normalized spacial score (nSPS) is 10.1. The standard InChI is InChI=1S/C13H13FN2OS/c14-10-3-5-11(6-4-10)16-13(17)15-8-7-12-2-1-9-18-12/h1-6,9H,7-8H2,(H2,15,16,17). The molecule has 0 spiro atoms. The number of thiophene rings is 1. The topological polar surface area (TPSA) is 41.1 Å². The lowest BCUT2D eigenvalue weighted by atomic mass is 10.3. The maximum absolute atomic E-state index is 12.7. The molecule has 1 aromatic carbocycles. The molecule has 2 aromatic rings. The molecule has 94 valence electrons. The van der Waals surface area contributed by atoms with E-state index in [0.29, 0.717) is 12.2 Å². The number of carbonyl (C=O) groups is 1. The Labute approximate surface area is 109 Å². The molecule has 2 amide bonds. The molecule has 5 heteroatoms. The zero-order valence-corrected chi connectivity index (χ0v) is 10.5. The van der Waals surface area contributed by atoms with Crippen molar-refractivity contribution in [1.29, 1.82) is 0 Å². The molecule has 3 nitrogen and oxygen atoms in total. The molecular weight excluding hydrogens is 251 g/mol. The highest BCUT2D eigenvalue weighted by molar-refractivity contribution is 7.09. The van der Waals surface area contributed by atoms with Crippen molar-refractivity contribution in [3.63, 3.8) is 0 Å². The van der Waals surface area contributed by atoms with E-state index in [4.69, 9.17) is 0 Å². The average molecular weight is 264 g/mol. The Morgan fingerprint density at radius 1 is 1.22 bits per heavy atom. The van der Waals surface area contributed by atoms with E-state index >= 15 is 0 Å². The fourth-order valence-corrected chi connectivity index (χ4v) is 2.17. The SMILES string of the molecule is O=C(NCCc1cccs1)Nc1ccc(F)cc1. The Morgan fingerprint density at radius 2 is 2.00 bits per heavy atom. The van der Waals surface area contributed by atoms with Gasteiger partial charge in [-0.2, -0.15) is 0 Å². The van der Waals surface area contributed by atoms with Crippen molar-refractivity contribution in [2.75, 3.05) is 11.9 Å². The molecule has 2 N–H and O–H groups in total. The second-order valence-corrected chi connectivity index (χ2v) is 4.75. The monoisotopic (exact) mass is 264 g/mol. The number of carbonyl (C=O) groups excluding carboxylic acids is 1. The van der Waals surface area contributed by atoms with Crippen molar-refractivity contribution < 1.29 is 9.18 Å². The van der Waals surface area contributed by atoms with Crippen molar-refractivity contribution in [2.24, 2.45) is 0 Å². The van der Waals surface area contributed by atoms with Crippen molar-refractivity contribution in [1.82, 2.24) is 5.32 Å². The molecule has 2 rings (SSSR count). The first-order valence-corrected chi connectivity index (χ1v) is 6.45. The van der Waals surface area contributed by atoms with E-state index in [2.05, 4.69) is 10.6 Å². The summed E-state index contributed by atoms with van der Waals surface area (Å²) in [6, 6.07) is 9.39. The molecule has 0 unspecified atom stereocenters. The molecule has 0 aliphatic rings. The zero-order valence-electron chi connectivity index (χ0n) is 9.65. The van der Waals surface area contributed by atoms with Crippen molar-refractivity contribution in [2.45, 2.75) is 6.42 Å². The molecular formula is C13H13FN2OS.